The van der Waals surface area contributed by atoms with Crippen LogP contribution in [0.5, 0.6) is 0 Å². The molecule has 1 N–H and O–H groups in total. The molecule has 2 aromatic rings. The number of hydrogen-bond acceptors (Lipinski definition) is 4. The van der Waals surface area contributed by atoms with Crippen molar-refractivity contribution in [3.8, 4) is 0 Å². The van der Waals surface area contributed by atoms with Gasteiger partial charge in [-0.2, -0.15) is 4.31 Å². The SMILES string of the molecule is CCCN(CCC)S(=O)(=O)c1ccc(C(=O)NCC(OC)c2ccccc2)cc1. The summed E-state index contributed by atoms with van der Waals surface area (Å²) in [7, 11) is -1.95. The van der Waals surface area contributed by atoms with Crippen LogP contribution in [-0.2, 0) is 14.8 Å². The Balaban J connectivity index is 2.06. The summed E-state index contributed by atoms with van der Waals surface area (Å²) in [6, 6.07) is 15.7. The molecule has 0 aromatic heterocycles. The lowest BCUT2D eigenvalue weighted by atomic mass is 10.1. The molecule has 0 aliphatic heterocycles. The fourth-order valence-electron chi connectivity index (χ4n) is 3.07. The number of ether oxygens (including phenoxy) is 1. The molecule has 0 saturated carbocycles. The molecule has 1 atom stereocenters. The van der Waals surface area contributed by atoms with Gasteiger partial charge in [0, 0.05) is 32.3 Å². The zero-order valence-electron chi connectivity index (χ0n) is 17.3. The fraction of sp³-hybridized carbons (Fsp3) is 0.409. The molecule has 0 aliphatic carbocycles. The molecule has 1 unspecified atom stereocenters. The average Bonchev–Trinajstić information content (AvgIpc) is 2.74. The zero-order chi connectivity index (χ0) is 21.3. The molecule has 0 radical (unpaired) electrons. The second kappa shape index (κ2) is 11.1. The van der Waals surface area contributed by atoms with E-state index in [0.29, 0.717) is 25.2 Å². The summed E-state index contributed by atoms with van der Waals surface area (Å²) in [5.74, 6) is -0.272. The maximum absolute atomic E-state index is 12.8. The van der Waals surface area contributed by atoms with Gasteiger partial charge in [0.25, 0.3) is 5.91 Å². The van der Waals surface area contributed by atoms with Gasteiger partial charge in [-0.15, -0.1) is 0 Å². The maximum Gasteiger partial charge on any atom is 0.251 e. The number of sulfonamides is 1. The van der Waals surface area contributed by atoms with Crippen molar-refractivity contribution in [3.63, 3.8) is 0 Å². The van der Waals surface area contributed by atoms with Crippen LogP contribution in [0.3, 0.4) is 0 Å². The molecular formula is C22H30N2O4S. The van der Waals surface area contributed by atoms with Gasteiger partial charge in [-0.1, -0.05) is 44.2 Å². The first-order valence-electron chi connectivity index (χ1n) is 9.90. The number of nitrogens with one attached hydrogen (secondary N) is 1. The second-order valence-electron chi connectivity index (χ2n) is 6.77. The lowest BCUT2D eigenvalue weighted by molar-refractivity contribution is 0.0828. The summed E-state index contributed by atoms with van der Waals surface area (Å²) in [6.45, 7) is 5.19. The van der Waals surface area contributed by atoms with Crippen molar-refractivity contribution in [1.29, 1.82) is 0 Å². The molecule has 0 fully saturated rings. The van der Waals surface area contributed by atoms with Crippen LogP contribution in [0.1, 0.15) is 48.7 Å². The van der Waals surface area contributed by atoms with E-state index in [4.69, 9.17) is 4.74 Å². The third-order valence-corrected chi connectivity index (χ3v) is 6.52. The predicted octanol–water partition coefficient (Wildman–Crippen LogP) is 3.61. The van der Waals surface area contributed by atoms with E-state index in [1.54, 1.807) is 19.2 Å². The number of carbonyl (C=O) groups excluding carboxylic acids is 1. The topological polar surface area (TPSA) is 75.7 Å². The van der Waals surface area contributed by atoms with E-state index >= 15 is 0 Å². The quantitative estimate of drug-likeness (QED) is 0.605. The Morgan fingerprint density at radius 2 is 1.59 bits per heavy atom. The van der Waals surface area contributed by atoms with Gasteiger partial charge >= 0.3 is 0 Å². The van der Waals surface area contributed by atoms with Gasteiger partial charge in [0.2, 0.25) is 10.0 Å². The van der Waals surface area contributed by atoms with Crippen molar-refractivity contribution in [2.24, 2.45) is 0 Å². The van der Waals surface area contributed by atoms with Crippen LogP contribution in [0, 0.1) is 0 Å². The summed E-state index contributed by atoms with van der Waals surface area (Å²) in [5, 5.41) is 2.85. The van der Waals surface area contributed by atoms with Crippen molar-refractivity contribution in [2.75, 3.05) is 26.7 Å². The molecular weight excluding hydrogens is 388 g/mol. The van der Waals surface area contributed by atoms with E-state index in [-0.39, 0.29) is 16.9 Å². The number of methoxy groups -OCH3 is 1. The number of carbonyl (C=O) groups is 1. The molecule has 0 heterocycles. The second-order valence-corrected chi connectivity index (χ2v) is 8.71. The molecule has 0 aliphatic rings. The van der Waals surface area contributed by atoms with Crippen molar-refractivity contribution in [3.05, 3.63) is 65.7 Å². The van der Waals surface area contributed by atoms with Crippen LogP contribution in [0.2, 0.25) is 0 Å². The minimum atomic E-state index is -3.55. The Morgan fingerprint density at radius 3 is 2.10 bits per heavy atom. The van der Waals surface area contributed by atoms with Crippen LogP contribution in [0.25, 0.3) is 0 Å². The highest BCUT2D eigenvalue weighted by Crippen LogP contribution is 2.18. The lowest BCUT2D eigenvalue weighted by Gasteiger charge is -2.21. The minimum absolute atomic E-state index is 0.204. The minimum Gasteiger partial charge on any atom is -0.375 e. The molecule has 6 nitrogen and oxygen atoms in total. The van der Waals surface area contributed by atoms with E-state index in [9.17, 15) is 13.2 Å². The zero-order valence-corrected chi connectivity index (χ0v) is 18.1. The Bertz CT molecular complexity index is 861. The lowest BCUT2D eigenvalue weighted by Crippen LogP contribution is -2.32. The molecule has 158 valence electrons. The standard InChI is InChI=1S/C22H30N2O4S/c1-4-15-24(16-5-2)29(26,27)20-13-11-19(12-14-20)22(25)23-17-21(28-3)18-9-7-6-8-10-18/h6-14,21H,4-5,15-17H2,1-3H3,(H,23,25). The molecule has 29 heavy (non-hydrogen) atoms. The van der Waals surface area contributed by atoms with Crippen LogP contribution in [0.4, 0.5) is 0 Å². The highest BCUT2D eigenvalue weighted by Gasteiger charge is 2.23. The predicted molar refractivity (Wildman–Crippen MR) is 114 cm³/mol. The van der Waals surface area contributed by atoms with Crippen LogP contribution in [-0.4, -0.2) is 45.4 Å². The van der Waals surface area contributed by atoms with Crippen molar-refractivity contribution >= 4 is 15.9 Å². The van der Waals surface area contributed by atoms with E-state index in [1.165, 1.54) is 16.4 Å². The highest BCUT2D eigenvalue weighted by atomic mass is 32.2. The van der Waals surface area contributed by atoms with Gasteiger partial charge < -0.3 is 10.1 Å². The molecule has 0 saturated heterocycles. The number of rotatable bonds is 11. The first-order valence-corrected chi connectivity index (χ1v) is 11.3. The fourth-order valence-corrected chi connectivity index (χ4v) is 4.69. The Labute approximate surface area is 173 Å². The van der Waals surface area contributed by atoms with E-state index in [1.807, 2.05) is 44.2 Å². The Morgan fingerprint density at radius 1 is 1.00 bits per heavy atom. The monoisotopic (exact) mass is 418 g/mol. The molecule has 1 amide bonds. The first kappa shape index (κ1) is 23.1. The Kier molecular flexibility index (Phi) is 8.82. The van der Waals surface area contributed by atoms with Crippen LogP contribution in [0.15, 0.2) is 59.5 Å². The molecule has 2 aromatic carbocycles. The summed E-state index contributed by atoms with van der Waals surface area (Å²) < 4.78 is 32.6. The highest BCUT2D eigenvalue weighted by molar-refractivity contribution is 7.89. The van der Waals surface area contributed by atoms with Crippen molar-refractivity contribution in [2.45, 2.75) is 37.7 Å². The van der Waals surface area contributed by atoms with Gasteiger partial charge in [0.05, 0.1) is 11.0 Å². The smallest absolute Gasteiger partial charge is 0.251 e. The van der Waals surface area contributed by atoms with Gasteiger partial charge in [-0.3, -0.25) is 4.79 Å². The molecule has 2 rings (SSSR count). The number of amides is 1. The summed E-state index contributed by atoms with van der Waals surface area (Å²) >= 11 is 0. The number of nitrogens with zero attached hydrogens (tertiary/aromatic N) is 1. The summed E-state index contributed by atoms with van der Waals surface area (Å²) in [6.07, 6.45) is 1.25. The Hall–Kier alpha value is -2.22. The molecule has 0 bridgehead atoms. The average molecular weight is 419 g/mol. The van der Waals surface area contributed by atoms with Crippen molar-refractivity contribution in [1.82, 2.24) is 9.62 Å². The van der Waals surface area contributed by atoms with E-state index in [0.717, 1.165) is 18.4 Å². The molecule has 0 spiro atoms. The largest absolute Gasteiger partial charge is 0.375 e. The van der Waals surface area contributed by atoms with E-state index in [2.05, 4.69) is 5.32 Å². The van der Waals surface area contributed by atoms with Gasteiger partial charge in [-0.25, -0.2) is 8.42 Å². The normalized spacial score (nSPS) is 12.7. The van der Waals surface area contributed by atoms with Gasteiger partial charge in [0.1, 0.15) is 0 Å². The van der Waals surface area contributed by atoms with E-state index < -0.39 is 10.0 Å². The molecule has 7 heteroatoms. The van der Waals surface area contributed by atoms with Crippen LogP contribution >= 0.6 is 0 Å². The first-order chi connectivity index (χ1) is 13.9. The van der Waals surface area contributed by atoms with Gasteiger partial charge in [-0.05, 0) is 42.7 Å². The van der Waals surface area contributed by atoms with Gasteiger partial charge in [0.15, 0.2) is 0 Å². The third kappa shape index (κ3) is 6.13. The van der Waals surface area contributed by atoms with Crippen molar-refractivity contribution < 1.29 is 17.9 Å². The summed E-state index contributed by atoms with van der Waals surface area (Å²) in [4.78, 5) is 12.7. The number of hydrogen-bond donors (Lipinski definition) is 1. The summed E-state index contributed by atoms with van der Waals surface area (Å²) in [5.41, 5.74) is 1.38. The third-order valence-electron chi connectivity index (χ3n) is 4.60. The van der Waals surface area contributed by atoms with Crippen LogP contribution < -0.4 is 5.32 Å². The number of benzene rings is 2. The maximum atomic E-state index is 12.8.